The Morgan fingerprint density at radius 1 is 1.08 bits per heavy atom. The summed E-state index contributed by atoms with van der Waals surface area (Å²) in [6.45, 7) is 3.16. The van der Waals surface area contributed by atoms with Crippen molar-refractivity contribution in [3.8, 4) is 0 Å². The number of thioether (sulfide) groups is 2. The molecule has 0 radical (unpaired) electrons. The topological polar surface area (TPSA) is 48.8 Å². The minimum Gasteiger partial charge on any atom is -0.353 e. The van der Waals surface area contributed by atoms with Gasteiger partial charge in [-0.25, -0.2) is 9.98 Å². The van der Waals surface area contributed by atoms with Crippen LogP contribution in [0.2, 0.25) is 0 Å². The van der Waals surface area contributed by atoms with Crippen LogP contribution in [0.25, 0.3) is 0 Å². The van der Waals surface area contributed by atoms with Gasteiger partial charge in [-0.3, -0.25) is 4.79 Å². The third kappa shape index (κ3) is 4.04. The van der Waals surface area contributed by atoms with Crippen LogP contribution in [0.4, 0.5) is 11.5 Å². The fourth-order valence-corrected chi connectivity index (χ4v) is 4.99. The predicted octanol–water partition coefficient (Wildman–Crippen LogP) is 3.40. The first-order valence-corrected chi connectivity index (χ1v) is 10.6. The molecule has 0 bridgehead atoms. The lowest BCUT2D eigenvalue weighted by molar-refractivity contribution is -0.128. The summed E-state index contributed by atoms with van der Waals surface area (Å²) in [7, 11) is 0. The molecule has 1 fully saturated rings. The van der Waals surface area contributed by atoms with Crippen LogP contribution in [0.1, 0.15) is 5.56 Å². The van der Waals surface area contributed by atoms with E-state index in [9.17, 15) is 4.79 Å². The van der Waals surface area contributed by atoms with Crippen LogP contribution in [0.5, 0.6) is 0 Å². The Hall–Kier alpha value is -1.99. The van der Waals surface area contributed by atoms with Gasteiger partial charge in [0.05, 0.1) is 11.4 Å². The van der Waals surface area contributed by atoms with Crippen LogP contribution in [0, 0.1) is 0 Å². The van der Waals surface area contributed by atoms with E-state index in [1.165, 1.54) is 5.56 Å². The SMILES string of the molecule is O=C(CSC1=Nc2ccccc2CS1)N1CCN(c2ccccn2)CC1. The van der Waals surface area contributed by atoms with E-state index < -0.39 is 0 Å². The van der Waals surface area contributed by atoms with Gasteiger partial charge in [-0.15, -0.1) is 0 Å². The summed E-state index contributed by atoms with van der Waals surface area (Å²) < 4.78 is 0.990. The summed E-state index contributed by atoms with van der Waals surface area (Å²) >= 11 is 3.27. The molecule has 0 aliphatic carbocycles. The number of fused-ring (bicyclic) bond motifs is 1. The number of carbonyl (C=O) groups is 1. The van der Waals surface area contributed by atoms with Crippen LogP contribution in [-0.4, -0.2) is 52.1 Å². The van der Waals surface area contributed by atoms with E-state index in [1.807, 2.05) is 47.5 Å². The lowest BCUT2D eigenvalue weighted by atomic mass is 10.2. The number of pyridine rings is 1. The highest BCUT2D eigenvalue weighted by Gasteiger charge is 2.22. The number of benzene rings is 1. The highest BCUT2D eigenvalue weighted by molar-refractivity contribution is 8.38. The van der Waals surface area contributed by atoms with Crippen molar-refractivity contribution in [1.82, 2.24) is 9.88 Å². The van der Waals surface area contributed by atoms with Crippen LogP contribution in [-0.2, 0) is 10.5 Å². The number of hydrogen-bond donors (Lipinski definition) is 0. The first-order chi connectivity index (χ1) is 12.8. The Morgan fingerprint density at radius 2 is 1.88 bits per heavy atom. The first-order valence-electron chi connectivity index (χ1n) is 8.65. The molecule has 2 aromatic rings. The average Bonchev–Trinajstić information content (AvgIpc) is 2.72. The molecule has 134 valence electrons. The fourth-order valence-electron chi connectivity index (χ4n) is 3.03. The lowest BCUT2D eigenvalue weighted by Crippen LogP contribution is -2.49. The van der Waals surface area contributed by atoms with Crippen LogP contribution in [0.15, 0.2) is 53.7 Å². The summed E-state index contributed by atoms with van der Waals surface area (Å²) in [6, 6.07) is 14.1. The summed E-state index contributed by atoms with van der Waals surface area (Å²) in [6.07, 6.45) is 1.81. The molecule has 4 rings (SSSR count). The quantitative estimate of drug-likeness (QED) is 0.812. The second kappa shape index (κ2) is 8.14. The van der Waals surface area contributed by atoms with Crippen molar-refractivity contribution < 1.29 is 4.79 Å². The van der Waals surface area contributed by atoms with Crippen molar-refractivity contribution in [3.63, 3.8) is 0 Å². The molecule has 0 N–H and O–H groups in total. The number of anilines is 1. The molecule has 1 aromatic carbocycles. The van der Waals surface area contributed by atoms with Crippen molar-refractivity contribution >= 4 is 45.3 Å². The summed E-state index contributed by atoms with van der Waals surface area (Å²) in [5.74, 6) is 2.56. The first kappa shape index (κ1) is 17.4. The van der Waals surface area contributed by atoms with Gasteiger partial charge in [-0.05, 0) is 23.8 Å². The molecule has 0 spiro atoms. The third-order valence-electron chi connectivity index (χ3n) is 4.48. The average molecular weight is 385 g/mol. The molecule has 1 saturated heterocycles. The molecule has 1 aromatic heterocycles. The van der Waals surface area contributed by atoms with E-state index in [0.717, 1.165) is 47.8 Å². The largest absolute Gasteiger partial charge is 0.353 e. The molecule has 7 heteroatoms. The number of carbonyl (C=O) groups excluding carboxylic acids is 1. The van der Waals surface area contributed by atoms with E-state index in [0.29, 0.717) is 5.75 Å². The van der Waals surface area contributed by atoms with Gasteiger partial charge >= 0.3 is 0 Å². The Morgan fingerprint density at radius 3 is 2.69 bits per heavy atom. The molecule has 5 nitrogen and oxygen atoms in total. The van der Waals surface area contributed by atoms with E-state index in [4.69, 9.17) is 0 Å². The number of aliphatic imine (C=N–C) groups is 1. The van der Waals surface area contributed by atoms with E-state index in [1.54, 1.807) is 23.5 Å². The molecule has 2 aliphatic heterocycles. The maximum absolute atomic E-state index is 12.5. The van der Waals surface area contributed by atoms with E-state index >= 15 is 0 Å². The second-order valence-corrected chi connectivity index (χ2v) is 8.33. The molecule has 1 amide bonds. The summed E-state index contributed by atoms with van der Waals surface area (Å²) in [5.41, 5.74) is 2.30. The fraction of sp³-hybridized carbons (Fsp3) is 0.316. The number of aromatic nitrogens is 1. The zero-order valence-electron chi connectivity index (χ0n) is 14.4. The normalized spacial score (nSPS) is 16.8. The zero-order valence-corrected chi connectivity index (χ0v) is 16.0. The molecule has 0 unspecified atom stereocenters. The van der Waals surface area contributed by atoms with Gasteiger partial charge < -0.3 is 9.80 Å². The van der Waals surface area contributed by atoms with Gasteiger partial charge in [0.1, 0.15) is 10.2 Å². The maximum Gasteiger partial charge on any atom is 0.233 e. The predicted molar refractivity (Wildman–Crippen MR) is 110 cm³/mol. The van der Waals surface area contributed by atoms with Crippen molar-refractivity contribution in [2.24, 2.45) is 4.99 Å². The Labute approximate surface area is 161 Å². The van der Waals surface area contributed by atoms with Crippen molar-refractivity contribution in [1.29, 1.82) is 0 Å². The van der Waals surface area contributed by atoms with Gasteiger partial charge in [0.25, 0.3) is 0 Å². The van der Waals surface area contributed by atoms with Gasteiger partial charge in [0.15, 0.2) is 0 Å². The number of hydrogen-bond acceptors (Lipinski definition) is 6. The number of para-hydroxylation sites is 1. The van der Waals surface area contributed by atoms with Gasteiger partial charge in [-0.2, -0.15) is 0 Å². The molecule has 3 heterocycles. The molecule has 0 saturated carbocycles. The van der Waals surface area contributed by atoms with E-state index in [-0.39, 0.29) is 5.91 Å². The smallest absolute Gasteiger partial charge is 0.233 e. The number of nitrogens with zero attached hydrogens (tertiary/aromatic N) is 4. The number of rotatable bonds is 3. The third-order valence-corrected chi connectivity index (χ3v) is 6.71. The minimum atomic E-state index is 0.192. The van der Waals surface area contributed by atoms with Gasteiger partial charge in [-0.1, -0.05) is 47.8 Å². The minimum absolute atomic E-state index is 0.192. The standard InChI is InChI=1S/C19H20N4OS2/c24-18(14-26-19-21-16-6-2-1-5-15(16)13-25-19)23-11-9-22(10-12-23)17-7-3-4-8-20-17/h1-8H,9-14H2. The van der Waals surface area contributed by atoms with Crippen molar-refractivity contribution in [2.75, 3.05) is 36.8 Å². The molecule has 26 heavy (non-hydrogen) atoms. The summed E-state index contributed by atoms with van der Waals surface area (Å²) in [4.78, 5) is 25.8. The zero-order chi connectivity index (χ0) is 17.8. The monoisotopic (exact) mass is 384 g/mol. The Balaban J connectivity index is 1.28. The second-order valence-electron chi connectivity index (χ2n) is 6.14. The van der Waals surface area contributed by atoms with E-state index in [2.05, 4.69) is 20.9 Å². The van der Waals surface area contributed by atoms with Crippen LogP contribution < -0.4 is 4.90 Å². The van der Waals surface area contributed by atoms with Crippen LogP contribution in [0.3, 0.4) is 0 Å². The Bertz CT molecular complexity index is 804. The van der Waals surface area contributed by atoms with Crippen LogP contribution >= 0.6 is 23.5 Å². The van der Waals surface area contributed by atoms with Crippen molar-refractivity contribution in [2.45, 2.75) is 5.75 Å². The highest BCUT2D eigenvalue weighted by Crippen LogP contribution is 2.34. The molecule has 0 atom stereocenters. The van der Waals surface area contributed by atoms with Crippen molar-refractivity contribution in [3.05, 3.63) is 54.2 Å². The Kier molecular flexibility index (Phi) is 5.45. The lowest BCUT2D eigenvalue weighted by Gasteiger charge is -2.35. The van der Waals surface area contributed by atoms with Gasteiger partial charge in [0.2, 0.25) is 5.91 Å². The highest BCUT2D eigenvalue weighted by atomic mass is 32.2. The summed E-state index contributed by atoms with van der Waals surface area (Å²) in [5, 5.41) is 0. The molecular formula is C19H20N4OS2. The number of piperazine rings is 1. The molecular weight excluding hydrogens is 364 g/mol. The number of amides is 1. The maximum atomic E-state index is 12.5. The van der Waals surface area contributed by atoms with Gasteiger partial charge in [0, 0.05) is 38.1 Å². The molecule has 2 aliphatic rings.